The summed E-state index contributed by atoms with van der Waals surface area (Å²) in [7, 11) is 0. The van der Waals surface area contributed by atoms with Crippen LogP contribution in [0, 0.1) is 13.8 Å². The Kier molecular flexibility index (Phi) is 4.93. The van der Waals surface area contributed by atoms with Crippen LogP contribution in [0.5, 0.6) is 11.5 Å². The molecule has 5 rings (SSSR count). The molecule has 8 heteroatoms. The summed E-state index contributed by atoms with van der Waals surface area (Å²) in [5, 5.41) is 9.22. The van der Waals surface area contributed by atoms with E-state index in [1.54, 1.807) is 24.3 Å². The third kappa shape index (κ3) is 3.79. The van der Waals surface area contributed by atoms with E-state index >= 15 is 0 Å². The molecular weight excluding hydrogens is 444 g/mol. The predicted octanol–water partition coefficient (Wildman–Crippen LogP) is 5.47. The molecule has 0 saturated heterocycles. The Morgan fingerprint density at radius 3 is 2.41 bits per heavy atom. The quantitative estimate of drug-likeness (QED) is 0.517. The highest BCUT2D eigenvalue weighted by Gasteiger charge is 2.52. The Bertz CT molecular complexity index is 1350. The molecule has 0 bridgehead atoms. The lowest BCUT2D eigenvalue weighted by molar-refractivity contribution is -0.286. The van der Waals surface area contributed by atoms with Crippen molar-refractivity contribution in [1.29, 1.82) is 0 Å². The maximum Gasteiger partial charge on any atom is 0.586 e. The van der Waals surface area contributed by atoms with E-state index in [0.717, 1.165) is 16.7 Å². The van der Waals surface area contributed by atoms with Gasteiger partial charge in [-0.3, -0.25) is 9.78 Å². The normalized spacial score (nSPS) is 16.8. The number of rotatable bonds is 6. The highest BCUT2D eigenvalue weighted by atomic mass is 19.3. The van der Waals surface area contributed by atoms with E-state index in [1.807, 2.05) is 19.9 Å². The fraction of sp³-hybridized carbons (Fsp3) is 0.269. The maximum absolute atomic E-state index is 13.4. The standard InChI is InChI=1S/C26H21F2NO5.H2/c1-14-3-6-18(29-23(14)19-7-4-16(24(31)32)11-15(19)2)13-22(30)25(9-10-25)17-5-8-20-21(12-17)34-26(27,28)33-20;/h3-8,11-12H,9-10,13H2,1-2H3,(H,31,32);1H. The number of carbonyl (C=O) groups is 2. The fourth-order valence-electron chi connectivity index (χ4n) is 4.44. The molecule has 0 radical (unpaired) electrons. The first-order valence-electron chi connectivity index (χ1n) is 10.8. The number of hydrogen-bond donors (Lipinski definition) is 1. The summed E-state index contributed by atoms with van der Waals surface area (Å²) in [5.74, 6) is -1.16. The highest BCUT2D eigenvalue weighted by molar-refractivity contribution is 5.94. The van der Waals surface area contributed by atoms with Gasteiger partial charge < -0.3 is 14.6 Å². The summed E-state index contributed by atoms with van der Waals surface area (Å²) in [6.45, 7) is 3.73. The van der Waals surface area contributed by atoms with E-state index in [0.29, 0.717) is 29.8 Å². The number of carboxylic acid groups (broad SMARTS) is 1. The van der Waals surface area contributed by atoms with Gasteiger partial charge in [-0.25, -0.2) is 4.79 Å². The minimum Gasteiger partial charge on any atom is -0.478 e. The van der Waals surface area contributed by atoms with Crippen molar-refractivity contribution in [2.75, 3.05) is 0 Å². The average molecular weight is 467 g/mol. The van der Waals surface area contributed by atoms with Gasteiger partial charge in [-0.05, 0) is 73.7 Å². The molecule has 2 aromatic carbocycles. The highest BCUT2D eigenvalue weighted by Crippen LogP contribution is 2.52. The van der Waals surface area contributed by atoms with E-state index in [9.17, 15) is 23.5 Å². The molecule has 1 fully saturated rings. The molecular formula is C26H23F2NO5. The molecule has 1 aliphatic heterocycles. The van der Waals surface area contributed by atoms with Crippen LogP contribution in [0.2, 0.25) is 0 Å². The van der Waals surface area contributed by atoms with E-state index in [4.69, 9.17) is 4.98 Å². The third-order valence-corrected chi connectivity index (χ3v) is 6.46. The van der Waals surface area contributed by atoms with E-state index in [1.165, 1.54) is 18.2 Å². The van der Waals surface area contributed by atoms with Gasteiger partial charge in [-0.15, -0.1) is 8.78 Å². The lowest BCUT2D eigenvalue weighted by Crippen LogP contribution is -2.26. The Hall–Kier alpha value is -3.81. The van der Waals surface area contributed by atoms with E-state index < -0.39 is 17.7 Å². The predicted molar refractivity (Wildman–Crippen MR) is 120 cm³/mol. The van der Waals surface area contributed by atoms with Crippen LogP contribution in [-0.4, -0.2) is 28.1 Å². The number of ketones is 1. The van der Waals surface area contributed by atoms with Crippen molar-refractivity contribution in [3.63, 3.8) is 0 Å². The first kappa shape index (κ1) is 22.0. The van der Waals surface area contributed by atoms with Crippen molar-refractivity contribution < 1.29 is 34.4 Å². The molecule has 1 aliphatic carbocycles. The fourth-order valence-corrected chi connectivity index (χ4v) is 4.44. The lowest BCUT2D eigenvalue weighted by atomic mass is 9.88. The lowest BCUT2D eigenvalue weighted by Gasteiger charge is -2.16. The SMILES string of the molecule is Cc1cc(C(=O)O)ccc1-c1nc(CC(=O)C2(c3ccc4c(c3)OC(F)(F)O4)CC2)ccc1C.[HH]. The molecule has 0 atom stereocenters. The van der Waals surface area contributed by atoms with Gasteiger partial charge in [0.2, 0.25) is 0 Å². The zero-order valence-electron chi connectivity index (χ0n) is 18.5. The first-order chi connectivity index (χ1) is 16.1. The zero-order valence-corrected chi connectivity index (χ0v) is 18.5. The number of halogens is 2. The van der Waals surface area contributed by atoms with E-state index in [2.05, 4.69) is 9.47 Å². The Balaban J connectivity index is 0.00000289. The number of fused-ring (bicyclic) bond motifs is 1. The number of ether oxygens (including phenoxy) is 2. The molecule has 1 aromatic heterocycles. The molecule has 2 heterocycles. The zero-order chi connectivity index (χ0) is 24.3. The van der Waals surface area contributed by atoms with Crippen molar-refractivity contribution in [3.8, 4) is 22.8 Å². The number of aromatic carboxylic acids is 1. The molecule has 1 N–H and O–H groups in total. The number of aryl methyl sites for hydroxylation is 2. The first-order valence-corrected chi connectivity index (χ1v) is 10.8. The van der Waals surface area contributed by atoms with Gasteiger partial charge in [0.25, 0.3) is 0 Å². The minimum atomic E-state index is -3.70. The van der Waals surface area contributed by atoms with Gasteiger partial charge in [-0.2, -0.15) is 0 Å². The minimum absolute atomic E-state index is 0. The van der Waals surface area contributed by atoms with Gasteiger partial charge in [0.15, 0.2) is 11.5 Å². The Morgan fingerprint density at radius 2 is 1.74 bits per heavy atom. The van der Waals surface area contributed by atoms with Gasteiger partial charge in [0, 0.05) is 19.1 Å². The summed E-state index contributed by atoms with van der Waals surface area (Å²) in [6.07, 6.45) is -2.37. The third-order valence-electron chi connectivity index (χ3n) is 6.46. The second kappa shape index (κ2) is 7.62. The number of carboxylic acids is 1. The topological polar surface area (TPSA) is 85.7 Å². The van der Waals surface area contributed by atoms with Crippen LogP contribution in [-0.2, 0) is 16.6 Å². The van der Waals surface area contributed by atoms with Gasteiger partial charge in [-0.1, -0.05) is 18.2 Å². The largest absolute Gasteiger partial charge is 0.586 e. The van der Waals surface area contributed by atoms with Crippen molar-refractivity contribution >= 4 is 11.8 Å². The van der Waals surface area contributed by atoms with Crippen LogP contribution in [0.4, 0.5) is 8.78 Å². The summed E-state index contributed by atoms with van der Waals surface area (Å²) in [6, 6.07) is 13.0. The van der Waals surface area contributed by atoms with Crippen LogP contribution in [0.25, 0.3) is 11.3 Å². The molecule has 176 valence electrons. The maximum atomic E-state index is 13.4. The molecule has 2 aliphatic rings. The number of Topliss-reactive ketones (excluding diaryl/α,β-unsaturated/α-hetero) is 1. The molecule has 0 spiro atoms. The summed E-state index contributed by atoms with van der Waals surface area (Å²) in [4.78, 5) is 29.3. The van der Waals surface area contributed by atoms with Gasteiger partial charge in [0.05, 0.1) is 16.7 Å². The number of carbonyl (C=O) groups excluding carboxylic acids is 1. The summed E-state index contributed by atoms with van der Waals surface area (Å²) in [5.41, 5.74) is 3.83. The molecule has 1 saturated carbocycles. The number of alkyl halides is 2. The van der Waals surface area contributed by atoms with Crippen molar-refractivity contribution in [2.45, 2.75) is 44.8 Å². The summed E-state index contributed by atoms with van der Waals surface area (Å²) >= 11 is 0. The van der Waals surface area contributed by atoms with Crippen LogP contribution in [0.15, 0.2) is 48.5 Å². The van der Waals surface area contributed by atoms with Crippen LogP contribution in [0.3, 0.4) is 0 Å². The van der Waals surface area contributed by atoms with Crippen molar-refractivity contribution in [2.24, 2.45) is 0 Å². The van der Waals surface area contributed by atoms with Crippen LogP contribution in [0.1, 0.15) is 47.0 Å². The second-order valence-corrected chi connectivity index (χ2v) is 8.81. The Labute approximate surface area is 195 Å². The number of aromatic nitrogens is 1. The number of hydrogen-bond acceptors (Lipinski definition) is 5. The van der Waals surface area contributed by atoms with Crippen LogP contribution >= 0.6 is 0 Å². The van der Waals surface area contributed by atoms with E-state index in [-0.39, 0.29) is 30.7 Å². The monoisotopic (exact) mass is 467 g/mol. The van der Waals surface area contributed by atoms with Crippen LogP contribution < -0.4 is 9.47 Å². The summed E-state index contributed by atoms with van der Waals surface area (Å²) < 4.78 is 35.8. The van der Waals surface area contributed by atoms with Crippen molar-refractivity contribution in [1.82, 2.24) is 4.98 Å². The molecule has 0 amide bonds. The number of pyridine rings is 1. The number of nitrogens with zero attached hydrogens (tertiary/aromatic N) is 1. The van der Waals surface area contributed by atoms with Crippen molar-refractivity contribution in [3.05, 3.63) is 76.5 Å². The molecule has 34 heavy (non-hydrogen) atoms. The molecule has 0 unspecified atom stereocenters. The molecule has 6 nitrogen and oxygen atoms in total. The number of benzene rings is 2. The Morgan fingerprint density at radius 1 is 1.00 bits per heavy atom. The second-order valence-electron chi connectivity index (χ2n) is 8.81. The molecule has 3 aromatic rings. The smallest absolute Gasteiger partial charge is 0.478 e. The average Bonchev–Trinajstić information content (AvgIpc) is 3.52. The van der Waals surface area contributed by atoms with Gasteiger partial charge in [0.1, 0.15) is 5.78 Å². The van der Waals surface area contributed by atoms with Gasteiger partial charge >= 0.3 is 12.3 Å².